The summed E-state index contributed by atoms with van der Waals surface area (Å²) in [5.41, 5.74) is 0.304. The highest BCUT2D eigenvalue weighted by molar-refractivity contribution is 5.67. The fraction of sp³-hybridized carbons (Fsp3) is 0.364. The number of aliphatic carboxylic acids is 1. The summed E-state index contributed by atoms with van der Waals surface area (Å²) >= 11 is 0. The largest absolute Gasteiger partial charge is 0.481 e. The molecule has 2 nitrogen and oxygen atoms in total. The standard InChI is InChI=1S/C11H12F2O2/c1-11(12,13)9-5-3-2-4-8(9)6-7-10(14)15/h2-5H,6-7H2,1H3,(H,14,15). The van der Waals surface area contributed by atoms with Crippen molar-refractivity contribution in [2.24, 2.45) is 0 Å². The van der Waals surface area contributed by atoms with E-state index in [0.29, 0.717) is 5.56 Å². The molecule has 1 N–H and O–H groups in total. The van der Waals surface area contributed by atoms with Crippen molar-refractivity contribution in [2.75, 3.05) is 0 Å². The molecule has 0 saturated carbocycles. The summed E-state index contributed by atoms with van der Waals surface area (Å²) in [7, 11) is 0. The van der Waals surface area contributed by atoms with Gasteiger partial charge in [-0.25, -0.2) is 8.78 Å². The second-order valence-corrected chi connectivity index (χ2v) is 3.44. The molecular weight excluding hydrogens is 202 g/mol. The van der Waals surface area contributed by atoms with Gasteiger partial charge in [-0.15, -0.1) is 0 Å². The Bertz CT molecular complexity index is 356. The maximum atomic E-state index is 13.1. The molecule has 0 fully saturated rings. The molecule has 0 bridgehead atoms. The van der Waals surface area contributed by atoms with Gasteiger partial charge in [-0.3, -0.25) is 4.79 Å². The van der Waals surface area contributed by atoms with E-state index in [0.717, 1.165) is 6.92 Å². The lowest BCUT2D eigenvalue weighted by Gasteiger charge is -2.14. The molecule has 82 valence electrons. The first kappa shape index (κ1) is 11.6. The average molecular weight is 214 g/mol. The van der Waals surface area contributed by atoms with Crippen LogP contribution in [-0.4, -0.2) is 11.1 Å². The fourth-order valence-electron chi connectivity index (χ4n) is 1.41. The van der Waals surface area contributed by atoms with Crippen molar-refractivity contribution in [3.63, 3.8) is 0 Å². The van der Waals surface area contributed by atoms with Crippen LogP contribution in [0.15, 0.2) is 24.3 Å². The highest BCUT2D eigenvalue weighted by Crippen LogP contribution is 2.30. The van der Waals surface area contributed by atoms with Gasteiger partial charge >= 0.3 is 5.97 Å². The normalized spacial score (nSPS) is 11.4. The lowest BCUT2D eigenvalue weighted by atomic mass is 9.99. The topological polar surface area (TPSA) is 37.3 Å². The highest BCUT2D eigenvalue weighted by atomic mass is 19.3. The van der Waals surface area contributed by atoms with Crippen molar-refractivity contribution < 1.29 is 18.7 Å². The molecule has 0 saturated heterocycles. The molecule has 0 aliphatic heterocycles. The van der Waals surface area contributed by atoms with E-state index in [1.54, 1.807) is 6.07 Å². The first-order valence-electron chi connectivity index (χ1n) is 4.59. The van der Waals surface area contributed by atoms with E-state index in [4.69, 9.17) is 5.11 Å². The molecule has 0 atom stereocenters. The van der Waals surface area contributed by atoms with E-state index in [1.165, 1.54) is 18.2 Å². The molecule has 0 spiro atoms. The summed E-state index contributed by atoms with van der Waals surface area (Å²) in [6.07, 6.45) is 0.00201. The summed E-state index contributed by atoms with van der Waals surface area (Å²) in [6.45, 7) is 0.812. The van der Waals surface area contributed by atoms with E-state index < -0.39 is 11.9 Å². The van der Waals surface area contributed by atoms with Gasteiger partial charge in [0.15, 0.2) is 0 Å². The molecule has 0 amide bonds. The SMILES string of the molecule is CC(F)(F)c1ccccc1CCC(=O)O. The van der Waals surface area contributed by atoms with Gasteiger partial charge < -0.3 is 5.11 Å². The van der Waals surface area contributed by atoms with E-state index in [-0.39, 0.29) is 18.4 Å². The number of halogens is 2. The summed E-state index contributed by atoms with van der Waals surface area (Å²) in [5.74, 6) is -3.90. The predicted molar refractivity (Wildman–Crippen MR) is 52.0 cm³/mol. The number of carboxylic acid groups (broad SMARTS) is 1. The second kappa shape index (κ2) is 4.38. The van der Waals surface area contributed by atoms with E-state index in [9.17, 15) is 13.6 Å². The van der Waals surface area contributed by atoms with Crippen LogP contribution in [0.1, 0.15) is 24.5 Å². The monoisotopic (exact) mass is 214 g/mol. The minimum absolute atomic E-state index is 0.0914. The number of aryl methyl sites for hydroxylation is 1. The maximum Gasteiger partial charge on any atom is 0.303 e. The van der Waals surface area contributed by atoms with Crippen LogP contribution in [0.4, 0.5) is 8.78 Å². The smallest absolute Gasteiger partial charge is 0.303 e. The van der Waals surface area contributed by atoms with Crippen molar-refractivity contribution in [3.05, 3.63) is 35.4 Å². The van der Waals surface area contributed by atoms with E-state index in [2.05, 4.69) is 0 Å². The summed E-state index contributed by atoms with van der Waals surface area (Å²) in [5, 5.41) is 8.48. The van der Waals surface area contributed by atoms with Crippen LogP contribution < -0.4 is 0 Å². The van der Waals surface area contributed by atoms with Gasteiger partial charge in [0.05, 0.1) is 0 Å². The molecule has 1 aromatic carbocycles. The van der Waals surface area contributed by atoms with Crippen LogP contribution in [-0.2, 0) is 17.1 Å². The number of rotatable bonds is 4. The molecular formula is C11H12F2O2. The van der Waals surface area contributed by atoms with Crippen molar-refractivity contribution in [3.8, 4) is 0 Å². The highest BCUT2D eigenvalue weighted by Gasteiger charge is 2.26. The number of alkyl halides is 2. The summed E-state index contributed by atoms with van der Waals surface area (Å²) < 4.78 is 26.2. The molecule has 0 radical (unpaired) electrons. The Morgan fingerprint density at radius 2 is 2.00 bits per heavy atom. The van der Waals surface area contributed by atoms with Crippen molar-refractivity contribution in [1.29, 1.82) is 0 Å². The molecule has 4 heteroatoms. The van der Waals surface area contributed by atoms with Gasteiger partial charge in [0, 0.05) is 18.9 Å². The van der Waals surface area contributed by atoms with Crippen molar-refractivity contribution >= 4 is 5.97 Å². The Hall–Kier alpha value is -1.45. The van der Waals surface area contributed by atoms with Crippen LogP contribution in [0.5, 0.6) is 0 Å². The number of hydrogen-bond acceptors (Lipinski definition) is 1. The predicted octanol–water partition coefficient (Wildman–Crippen LogP) is 2.82. The Morgan fingerprint density at radius 1 is 1.40 bits per heavy atom. The zero-order chi connectivity index (χ0) is 11.5. The fourth-order valence-corrected chi connectivity index (χ4v) is 1.41. The second-order valence-electron chi connectivity index (χ2n) is 3.44. The molecule has 0 aliphatic rings. The Morgan fingerprint density at radius 3 is 2.53 bits per heavy atom. The third-order valence-corrected chi connectivity index (χ3v) is 2.10. The molecule has 1 rings (SSSR count). The van der Waals surface area contributed by atoms with Crippen molar-refractivity contribution in [2.45, 2.75) is 25.7 Å². The van der Waals surface area contributed by atoms with Gasteiger partial charge in [-0.05, 0) is 12.0 Å². The molecule has 15 heavy (non-hydrogen) atoms. The lowest BCUT2D eigenvalue weighted by molar-refractivity contribution is -0.137. The molecule has 1 aromatic rings. The molecule has 0 heterocycles. The van der Waals surface area contributed by atoms with Crippen LogP contribution in [0.25, 0.3) is 0 Å². The van der Waals surface area contributed by atoms with Gasteiger partial charge in [0.25, 0.3) is 5.92 Å². The Labute approximate surface area is 86.5 Å². The Kier molecular flexibility index (Phi) is 3.39. The first-order chi connectivity index (χ1) is 6.91. The number of hydrogen-bond donors (Lipinski definition) is 1. The summed E-state index contributed by atoms with van der Waals surface area (Å²) in [4.78, 5) is 10.3. The first-order valence-corrected chi connectivity index (χ1v) is 4.59. The van der Waals surface area contributed by atoms with Crippen LogP contribution in [0.2, 0.25) is 0 Å². The Balaban J connectivity index is 2.92. The minimum atomic E-state index is -2.92. The number of carbonyl (C=O) groups is 1. The van der Waals surface area contributed by atoms with E-state index >= 15 is 0 Å². The van der Waals surface area contributed by atoms with Crippen LogP contribution in [0, 0.1) is 0 Å². The van der Waals surface area contributed by atoms with Gasteiger partial charge in [0.1, 0.15) is 0 Å². The van der Waals surface area contributed by atoms with Crippen LogP contribution in [0.3, 0.4) is 0 Å². The molecule has 0 aromatic heterocycles. The number of carboxylic acids is 1. The quantitative estimate of drug-likeness (QED) is 0.836. The third-order valence-electron chi connectivity index (χ3n) is 2.10. The maximum absolute atomic E-state index is 13.1. The minimum Gasteiger partial charge on any atom is -0.481 e. The summed E-state index contributed by atoms with van der Waals surface area (Å²) in [6, 6.07) is 6.02. The zero-order valence-electron chi connectivity index (χ0n) is 8.34. The van der Waals surface area contributed by atoms with Gasteiger partial charge in [-0.2, -0.15) is 0 Å². The third kappa shape index (κ3) is 3.31. The zero-order valence-corrected chi connectivity index (χ0v) is 8.34. The van der Waals surface area contributed by atoms with Crippen LogP contribution >= 0.6 is 0 Å². The van der Waals surface area contributed by atoms with Gasteiger partial charge in [0.2, 0.25) is 0 Å². The average Bonchev–Trinajstić information content (AvgIpc) is 2.13. The lowest BCUT2D eigenvalue weighted by Crippen LogP contribution is -2.11. The van der Waals surface area contributed by atoms with Crippen molar-refractivity contribution in [1.82, 2.24) is 0 Å². The molecule has 0 unspecified atom stereocenters. The van der Waals surface area contributed by atoms with E-state index in [1.807, 2.05) is 0 Å². The van der Waals surface area contributed by atoms with Gasteiger partial charge in [-0.1, -0.05) is 24.3 Å². The number of benzene rings is 1. The molecule has 0 aliphatic carbocycles.